The van der Waals surface area contributed by atoms with Crippen LogP contribution >= 0.6 is 0 Å². The van der Waals surface area contributed by atoms with Crippen LogP contribution in [0, 0.1) is 6.92 Å². The third-order valence-corrected chi connectivity index (χ3v) is 9.28. The molecule has 0 saturated carbocycles. The highest BCUT2D eigenvalue weighted by atomic mass is 32.2. The summed E-state index contributed by atoms with van der Waals surface area (Å²) in [6.07, 6.45) is 6.27. The van der Waals surface area contributed by atoms with E-state index in [0.29, 0.717) is 5.75 Å². The molecule has 1 unspecified atom stereocenters. The van der Waals surface area contributed by atoms with E-state index in [1.165, 1.54) is 13.2 Å². The van der Waals surface area contributed by atoms with Crippen molar-refractivity contribution in [1.29, 1.82) is 0 Å². The Morgan fingerprint density at radius 2 is 1.72 bits per heavy atom. The van der Waals surface area contributed by atoms with E-state index in [0.717, 1.165) is 88.9 Å². The van der Waals surface area contributed by atoms with Gasteiger partial charge in [-0.2, -0.15) is 0 Å². The molecule has 43 heavy (non-hydrogen) atoms. The largest absolute Gasteiger partial charge is 0.461 e. The maximum Gasteiger partial charge on any atom is 0.235 e. The number of alkyl halides is 1. The molecular formula is C33H36FN5O3S. The Morgan fingerprint density at radius 1 is 1.05 bits per heavy atom. The fraction of sp³-hybridized carbons (Fsp3) is 0.364. The molecule has 8 nitrogen and oxygen atoms in total. The maximum absolute atomic E-state index is 13.2. The quantitative estimate of drug-likeness (QED) is 0.262. The van der Waals surface area contributed by atoms with Crippen LogP contribution in [-0.4, -0.2) is 54.1 Å². The number of hydrogen-bond acceptors (Lipinski definition) is 7. The van der Waals surface area contributed by atoms with E-state index in [9.17, 15) is 12.8 Å². The number of aromatic amines is 1. The number of piperidine rings is 1. The van der Waals surface area contributed by atoms with Crippen LogP contribution in [0.1, 0.15) is 60.6 Å². The van der Waals surface area contributed by atoms with Crippen LogP contribution in [0.4, 0.5) is 10.2 Å². The van der Waals surface area contributed by atoms with Gasteiger partial charge >= 0.3 is 0 Å². The fourth-order valence-corrected chi connectivity index (χ4v) is 6.82. The lowest BCUT2D eigenvalue weighted by atomic mass is 9.79. The van der Waals surface area contributed by atoms with Gasteiger partial charge in [-0.25, -0.2) is 27.8 Å². The van der Waals surface area contributed by atoms with Crippen molar-refractivity contribution in [3.05, 3.63) is 88.8 Å². The van der Waals surface area contributed by atoms with E-state index in [2.05, 4.69) is 27.9 Å². The lowest BCUT2D eigenvalue weighted by molar-refractivity contribution is 0.0861. The van der Waals surface area contributed by atoms with Crippen molar-refractivity contribution in [2.75, 3.05) is 24.2 Å². The summed E-state index contributed by atoms with van der Waals surface area (Å²) in [7, 11) is -3.07. The predicted molar refractivity (Wildman–Crippen MR) is 167 cm³/mol. The second-order valence-electron chi connectivity index (χ2n) is 12.0. The molecule has 224 valence electrons. The lowest BCUT2D eigenvalue weighted by Crippen LogP contribution is -2.42. The van der Waals surface area contributed by atoms with E-state index in [1.54, 1.807) is 18.5 Å². The summed E-state index contributed by atoms with van der Waals surface area (Å²) < 4.78 is 41.7. The predicted octanol–water partition coefficient (Wildman–Crippen LogP) is 6.07. The number of allylic oxidation sites excluding steroid dienone is 1. The van der Waals surface area contributed by atoms with Crippen molar-refractivity contribution in [1.82, 2.24) is 19.9 Å². The van der Waals surface area contributed by atoms with Crippen molar-refractivity contribution in [2.45, 2.75) is 57.6 Å². The zero-order chi connectivity index (χ0) is 30.4. The smallest absolute Gasteiger partial charge is 0.235 e. The number of rotatable bonds is 8. The van der Waals surface area contributed by atoms with Crippen LogP contribution in [0.3, 0.4) is 0 Å². The summed E-state index contributed by atoms with van der Waals surface area (Å²) in [6.45, 7) is 7.34. The third-order valence-electron chi connectivity index (χ3n) is 8.42. The van der Waals surface area contributed by atoms with Crippen LogP contribution in [0.2, 0.25) is 0 Å². The van der Waals surface area contributed by atoms with Crippen LogP contribution in [0.25, 0.3) is 22.9 Å². The summed E-state index contributed by atoms with van der Waals surface area (Å²) in [4.78, 5) is 20.2. The first-order chi connectivity index (χ1) is 20.5. The number of halogens is 1. The number of nitrogens with one attached hydrogen (secondary N) is 1. The number of hydrogen-bond donors (Lipinski definition) is 1. The van der Waals surface area contributed by atoms with Crippen LogP contribution in [0.15, 0.2) is 54.9 Å². The third kappa shape index (κ3) is 6.20. The summed E-state index contributed by atoms with van der Waals surface area (Å²) in [5.74, 6) is 2.47. The van der Waals surface area contributed by atoms with Crippen molar-refractivity contribution in [3.63, 3.8) is 0 Å². The van der Waals surface area contributed by atoms with Gasteiger partial charge in [0.05, 0.1) is 17.1 Å². The highest BCUT2D eigenvalue weighted by molar-refractivity contribution is 7.89. The van der Waals surface area contributed by atoms with Gasteiger partial charge in [0, 0.05) is 54.9 Å². The molecule has 1 atom stereocenters. The van der Waals surface area contributed by atoms with E-state index in [4.69, 9.17) is 14.7 Å². The molecule has 3 heterocycles. The first-order valence-electron chi connectivity index (χ1n) is 14.5. The van der Waals surface area contributed by atoms with Gasteiger partial charge in [0.1, 0.15) is 23.7 Å². The Bertz CT molecular complexity index is 1770. The van der Waals surface area contributed by atoms with E-state index in [-0.39, 0.29) is 11.2 Å². The van der Waals surface area contributed by atoms with E-state index in [1.807, 2.05) is 43.3 Å². The van der Waals surface area contributed by atoms with E-state index < -0.39 is 16.2 Å². The number of anilines is 1. The van der Waals surface area contributed by atoms with Crippen LogP contribution < -0.4 is 9.64 Å². The molecule has 0 spiro atoms. The van der Waals surface area contributed by atoms with Gasteiger partial charge in [-0.15, -0.1) is 0 Å². The molecular weight excluding hydrogens is 565 g/mol. The second kappa shape index (κ2) is 11.2. The van der Waals surface area contributed by atoms with Gasteiger partial charge in [-0.05, 0) is 66.8 Å². The Morgan fingerprint density at radius 3 is 2.37 bits per heavy atom. The van der Waals surface area contributed by atoms with Gasteiger partial charge in [-0.3, -0.25) is 0 Å². The molecule has 2 aliphatic rings. The highest BCUT2D eigenvalue weighted by Gasteiger charge is 2.36. The average Bonchev–Trinajstić information content (AvgIpc) is 3.58. The average molecular weight is 602 g/mol. The molecule has 0 amide bonds. The molecule has 0 radical (unpaired) electrons. The SMILES string of the molecule is Cc1[nH]c(C2(C)CCN(c3ncnc4c3C=C(c3ccc(CS(C)(=O)=O)cc3)C4)CC2)nc1-c1ccc(OC(C)F)cc1. The standard InChI is InChI=1S/C33H36FN5O3S/c1-21-30(25-9-11-27(12-10-25)42-22(2)34)38-32(37-21)33(3)13-15-39(16-14-33)31-28-17-26(18-29(28)35-20-36-31)24-7-5-23(6-8-24)19-43(4,40)41/h5-12,17,20,22H,13-16,18-19H2,1-4H3,(H,37,38). The minimum absolute atomic E-state index is 0.0402. The molecule has 1 N–H and O–H groups in total. The normalized spacial score (nSPS) is 17.0. The summed E-state index contributed by atoms with van der Waals surface area (Å²) >= 11 is 0. The minimum Gasteiger partial charge on any atom is -0.461 e. The summed E-state index contributed by atoms with van der Waals surface area (Å²) in [5, 5.41) is 0. The molecule has 2 aromatic carbocycles. The van der Waals surface area contributed by atoms with E-state index >= 15 is 0 Å². The number of aromatic nitrogens is 4. The summed E-state index contributed by atoms with van der Waals surface area (Å²) in [5.41, 5.74) is 7.83. The molecule has 1 saturated heterocycles. The molecule has 1 fully saturated rings. The number of imidazole rings is 1. The molecule has 1 aliphatic heterocycles. The zero-order valence-electron chi connectivity index (χ0n) is 24.9. The Labute approximate surface area is 252 Å². The highest BCUT2D eigenvalue weighted by Crippen LogP contribution is 2.40. The fourth-order valence-electron chi connectivity index (χ4n) is 6.03. The summed E-state index contributed by atoms with van der Waals surface area (Å²) in [6, 6.07) is 15.1. The van der Waals surface area contributed by atoms with Gasteiger partial charge in [0.2, 0.25) is 6.36 Å². The maximum atomic E-state index is 13.2. The molecule has 2 aromatic heterocycles. The van der Waals surface area contributed by atoms with Crippen molar-refractivity contribution in [2.24, 2.45) is 0 Å². The van der Waals surface area contributed by atoms with Crippen LogP contribution in [-0.2, 0) is 27.4 Å². The number of H-pyrrole nitrogens is 1. The minimum atomic E-state index is -3.07. The molecule has 4 aromatic rings. The first kappa shape index (κ1) is 29.0. The Kier molecular flexibility index (Phi) is 7.58. The Hall–Kier alpha value is -4.05. The number of nitrogens with zero attached hydrogens (tertiary/aromatic N) is 4. The van der Waals surface area contributed by atoms with Gasteiger partial charge < -0.3 is 14.6 Å². The molecule has 1 aliphatic carbocycles. The topological polar surface area (TPSA) is 101 Å². The number of fused-ring (bicyclic) bond motifs is 1. The van der Waals surface area contributed by atoms with Crippen molar-refractivity contribution in [3.8, 4) is 17.0 Å². The molecule has 6 rings (SSSR count). The van der Waals surface area contributed by atoms with Gasteiger partial charge in [0.15, 0.2) is 9.84 Å². The first-order valence-corrected chi connectivity index (χ1v) is 16.6. The second-order valence-corrected chi connectivity index (χ2v) is 14.1. The zero-order valence-corrected chi connectivity index (χ0v) is 25.7. The van der Waals surface area contributed by atoms with Gasteiger partial charge in [0.25, 0.3) is 0 Å². The molecule has 10 heteroatoms. The lowest BCUT2D eigenvalue weighted by Gasteiger charge is -2.39. The van der Waals surface area contributed by atoms with Crippen molar-refractivity contribution < 1.29 is 17.5 Å². The molecule has 0 bridgehead atoms. The van der Waals surface area contributed by atoms with Gasteiger partial charge in [-0.1, -0.05) is 31.2 Å². The monoisotopic (exact) mass is 601 g/mol. The van der Waals surface area contributed by atoms with Crippen LogP contribution in [0.5, 0.6) is 5.75 Å². The number of sulfone groups is 1. The number of ether oxygens (including phenoxy) is 1. The van der Waals surface area contributed by atoms with Crippen molar-refractivity contribution >= 4 is 27.3 Å². The number of benzene rings is 2. The Balaban J connectivity index is 1.16. The number of aryl methyl sites for hydroxylation is 1.